The van der Waals surface area contributed by atoms with Crippen LogP contribution in [0.2, 0.25) is 0 Å². The van der Waals surface area contributed by atoms with E-state index in [4.69, 9.17) is 0 Å². The molecule has 0 saturated heterocycles. The molecule has 0 rings (SSSR count). The van der Waals surface area contributed by atoms with Crippen molar-refractivity contribution < 1.29 is 0 Å². The van der Waals surface area contributed by atoms with Crippen LogP contribution >= 0.6 is 22.6 Å². The molecule has 0 amide bonds. The molecule has 1 heteroatoms. The quantitative estimate of drug-likeness (QED) is 0.511. The van der Waals surface area contributed by atoms with Crippen molar-refractivity contribution in [2.75, 3.05) is 0 Å². The van der Waals surface area contributed by atoms with Crippen molar-refractivity contribution in [1.29, 1.82) is 0 Å². The third kappa shape index (κ3) is 3.70. The third-order valence-corrected chi connectivity index (χ3v) is 2.81. The Morgan fingerprint density at radius 2 is 1.88 bits per heavy atom. The molecule has 0 aromatic heterocycles. The molecule has 0 aliphatic heterocycles. The average Bonchev–Trinajstić information content (AvgIpc) is 1.67. The molecule has 0 saturated carbocycles. The van der Waals surface area contributed by atoms with E-state index in [0.29, 0.717) is 3.42 Å². The Balaban J connectivity index is 3.37. The second kappa shape index (κ2) is 3.70. The summed E-state index contributed by atoms with van der Waals surface area (Å²) in [6, 6.07) is 0. The third-order valence-electron chi connectivity index (χ3n) is 1.51. The molecule has 8 heavy (non-hydrogen) atoms. The van der Waals surface area contributed by atoms with Gasteiger partial charge in [0.15, 0.2) is 0 Å². The lowest BCUT2D eigenvalue weighted by atomic mass is 10.0. The maximum absolute atomic E-state index is 2.54. The first-order valence-corrected chi connectivity index (χ1v) is 4.39. The van der Waals surface area contributed by atoms with Crippen LogP contribution in [0.3, 0.4) is 0 Å². The fourth-order valence-corrected chi connectivity index (χ4v) is 1.24. The summed E-state index contributed by atoms with van der Waals surface area (Å²) in [5.74, 6) is 0. The van der Waals surface area contributed by atoms with Crippen molar-refractivity contribution in [1.82, 2.24) is 0 Å². The molecule has 1 atom stereocenters. The number of hydrogen-bond acceptors (Lipinski definition) is 0. The highest BCUT2D eigenvalue weighted by atomic mass is 127. The Hall–Kier alpha value is 0.730. The van der Waals surface area contributed by atoms with Gasteiger partial charge >= 0.3 is 0 Å². The summed E-state index contributed by atoms with van der Waals surface area (Å²) in [5.41, 5.74) is 0. The van der Waals surface area contributed by atoms with E-state index in [2.05, 4.69) is 43.4 Å². The van der Waals surface area contributed by atoms with Gasteiger partial charge in [0, 0.05) is 3.42 Å². The molecule has 0 fully saturated rings. The lowest BCUT2D eigenvalue weighted by molar-refractivity contribution is 0.587. The Morgan fingerprint density at radius 1 is 1.38 bits per heavy atom. The molecule has 0 spiro atoms. The molecular formula is C7H15I. The highest BCUT2D eigenvalue weighted by Gasteiger charge is 2.14. The zero-order valence-corrected chi connectivity index (χ0v) is 8.16. The van der Waals surface area contributed by atoms with Gasteiger partial charge in [-0.2, -0.15) is 0 Å². The molecule has 0 unspecified atom stereocenters. The van der Waals surface area contributed by atoms with Crippen LogP contribution in [0.15, 0.2) is 0 Å². The van der Waals surface area contributed by atoms with Gasteiger partial charge in [-0.15, -0.1) is 0 Å². The van der Waals surface area contributed by atoms with Gasteiger partial charge in [0.1, 0.15) is 0 Å². The van der Waals surface area contributed by atoms with Gasteiger partial charge in [-0.3, -0.25) is 0 Å². The fraction of sp³-hybridized carbons (Fsp3) is 1.00. The summed E-state index contributed by atoms with van der Waals surface area (Å²) in [5, 5.41) is 0. The van der Waals surface area contributed by atoms with E-state index in [0.717, 1.165) is 0 Å². The van der Waals surface area contributed by atoms with Crippen molar-refractivity contribution >= 4 is 22.6 Å². The van der Waals surface area contributed by atoms with E-state index in [1.165, 1.54) is 19.3 Å². The van der Waals surface area contributed by atoms with Gasteiger partial charge in [0.25, 0.3) is 0 Å². The molecule has 0 nitrogen and oxygen atoms in total. The van der Waals surface area contributed by atoms with E-state index >= 15 is 0 Å². The second-order valence-corrected chi connectivity index (χ2v) is 5.12. The van der Waals surface area contributed by atoms with Gasteiger partial charge in [-0.25, -0.2) is 0 Å². The number of hydrogen-bond donors (Lipinski definition) is 0. The van der Waals surface area contributed by atoms with E-state index in [-0.39, 0.29) is 0 Å². The largest absolute Gasteiger partial charge is 0.0792 e. The lowest BCUT2D eigenvalue weighted by Crippen LogP contribution is -2.11. The van der Waals surface area contributed by atoms with E-state index in [1.807, 2.05) is 0 Å². The Kier molecular flexibility index (Phi) is 4.04. The number of rotatable bonds is 3. The molecular weight excluding hydrogens is 211 g/mol. The Labute approximate surface area is 66.2 Å². The topological polar surface area (TPSA) is 0 Å². The van der Waals surface area contributed by atoms with E-state index < -0.39 is 0 Å². The normalized spacial score (nSPS) is 18.0. The Morgan fingerprint density at radius 3 is 2.00 bits per heavy atom. The van der Waals surface area contributed by atoms with Gasteiger partial charge < -0.3 is 0 Å². The SMILES string of the molecule is CCC[C@@](C)(I)CC. The first-order chi connectivity index (χ1) is 3.62. The summed E-state index contributed by atoms with van der Waals surface area (Å²) >= 11 is 2.54. The molecule has 0 aliphatic rings. The first kappa shape index (κ1) is 8.73. The van der Waals surface area contributed by atoms with Crippen LogP contribution in [0.4, 0.5) is 0 Å². The average molecular weight is 226 g/mol. The van der Waals surface area contributed by atoms with Gasteiger partial charge in [-0.05, 0) is 12.8 Å². The molecule has 0 radical (unpaired) electrons. The van der Waals surface area contributed by atoms with Crippen LogP contribution in [0, 0.1) is 0 Å². The standard InChI is InChI=1S/C7H15I/c1-4-6-7(3,8)5-2/h4-6H2,1-3H3/t7-/m0/s1. The summed E-state index contributed by atoms with van der Waals surface area (Å²) in [7, 11) is 0. The van der Waals surface area contributed by atoms with Gasteiger partial charge in [0.2, 0.25) is 0 Å². The smallest absolute Gasteiger partial charge is 0.0191 e. The summed E-state index contributed by atoms with van der Waals surface area (Å²) in [4.78, 5) is 0. The van der Waals surface area contributed by atoms with Crippen LogP contribution in [0.25, 0.3) is 0 Å². The Bertz CT molecular complexity index is 57.4. The minimum Gasteiger partial charge on any atom is -0.0792 e. The zero-order chi connectivity index (χ0) is 6.62. The molecule has 50 valence electrons. The van der Waals surface area contributed by atoms with Crippen LogP contribution in [0.1, 0.15) is 40.0 Å². The second-order valence-electron chi connectivity index (χ2n) is 2.52. The predicted molar refractivity (Wildman–Crippen MR) is 47.6 cm³/mol. The maximum atomic E-state index is 2.54. The molecule has 0 heterocycles. The fourth-order valence-electron chi connectivity index (χ4n) is 0.698. The minimum atomic E-state index is 0.562. The van der Waals surface area contributed by atoms with Crippen molar-refractivity contribution in [2.24, 2.45) is 0 Å². The summed E-state index contributed by atoms with van der Waals surface area (Å²) in [6.07, 6.45) is 3.96. The van der Waals surface area contributed by atoms with Crippen molar-refractivity contribution in [3.63, 3.8) is 0 Å². The van der Waals surface area contributed by atoms with Gasteiger partial charge in [0.05, 0.1) is 0 Å². The molecule has 0 bridgehead atoms. The van der Waals surface area contributed by atoms with Crippen LogP contribution in [-0.2, 0) is 0 Å². The molecule has 0 aromatic rings. The van der Waals surface area contributed by atoms with Crippen LogP contribution in [0.5, 0.6) is 0 Å². The zero-order valence-electron chi connectivity index (χ0n) is 6.00. The van der Waals surface area contributed by atoms with Crippen LogP contribution in [-0.4, -0.2) is 3.42 Å². The van der Waals surface area contributed by atoms with E-state index in [9.17, 15) is 0 Å². The predicted octanol–water partition coefficient (Wildman–Crippen LogP) is 3.39. The first-order valence-electron chi connectivity index (χ1n) is 3.31. The van der Waals surface area contributed by atoms with Crippen molar-refractivity contribution in [3.8, 4) is 0 Å². The highest BCUT2D eigenvalue weighted by Crippen LogP contribution is 2.27. The van der Waals surface area contributed by atoms with Crippen molar-refractivity contribution in [2.45, 2.75) is 43.5 Å². The van der Waals surface area contributed by atoms with E-state index in [1.54, 1.807) is 0 Å². The number of alkyl halides is 1. The summed E-state index contributed by atoms with van der Waals surface area (Å²) in [6.45, 7) is 6.81. The van der Waals surface area contributed by atoms with Crippen molar-refractivity contribution in [3.05, 3.63) is 0 Å². The minimum absolute atomic E-state index is 0.562. The monoisotopic (exact) mass is 226 g/mol. The molecule has 0 aliphatic carbocycles. The highest BCUT2D eigenvalue weighted by molar-refractivity contribution is 14.1. The van der Waals surface area contributed by atoms with Gasteiger partial charge in [-0.1, -0.05) is 49.8 Å². The molecule has 0 aromatic carbocycles. The maximum Gasteiger partial charge on any atom is 0.0191 e. The summed E-state index contributed by atoms with van der Waals surface area (Å²) < 4.78 is 0.562. The number of halogens is 1. The van der Waals surface area contributed by atoms with Crippen LogP contribution < -0.4 is 0 Å². The lowest BCUT2D eigenvalue weighted by Gasteiger charge is -2.18. The molecule has 0 N–H and O–H groups in total.